The molecule has 116 valence electrons. The van der Waals surface area contributed by atoms with Gasteiger partial charge in [0.1, 0.15) is 12.4 Å². The van der Waals surface area contributed by atoms with Crippen LogP contribution in [0.15, 0.2) is 60.8 Å². The summed E-state index contributed by atoms with van der Waals surface area (Å²) in [5, 5.41) is 5.45. The van der Waals surface area contributed by atoms with E-state index in [0.29, 0.717) is 11.6 Å². The minimum Gasteiger partial charge on any atom is -0.488 e. The lowest BCUT2D eigenvalue weighted by Gasteiger charge is -2.20. The number of nitrogens with zero attached hydrogens (tertiary/aromatic N) is 3. The highest BCUT2D eigenvalue weighted by Gasteiger charge is 2.22. The molecule has 1 aliphatic rings. The lowest BCUT2D eigenvalue weighted by molar-refractivity contribution is 0.300. The minimum absolute atomic E-state index is 0.497. The Hall–Kier alpha value is -2.85. The quantitative estimate of drug-likeness (QED) is 0.510. The number of aromatic nitrogens is 3. The zero-order valence-electron chi connectivity index (χ0n) is 12.6. The van der Waals surface area contributed by atoms with E-state index in [9.17, 15) is 0 Å². The summed E-state index contributed by atoms with van der Waals surface area (Å²) < 4.78 is 7.69. The van der Waals surface area contributed by atoms with Gasteiger partial charge in [0.25, 0.3) is 0 Å². The number of para-hydroxylation sites is 1. The Labute approximate surface area is 143 Å². The highest BCUT2D eigenvalue weighted by Crippen LogP contribution is 2.37. The summed E-state index contributed by atoms with van der Waals surface area (Å²) in [6.45, 7) is 0.497. The number of rotatable bonds is 1. The minimum atomic E-state index is 0.497. The molecular weight excluding hydrogens is 322 g/mol. The summed E-state index contributed by atoms with van der Waals surface area (Å²) in [4.78, 5) is 4.52. The number of fused-ring (bicyclic) bond motifs is 5. The Bertz CT molecular complexity index is 1090. The Balaban J connectivity index is 1.80. The fourth-order valence-electron chi connectivity index (χ4n) is 3.11. The smallest absolute Gasteiger partial charge is 0.156 e. The Morgan fingerprint density at radius 3 is 2.67 bits per heavy atom. The number of hydrogen-bond acceptors (Lipinski definition) is 3. The molecule has 24 heavy (non-hydrogen) atoms. The molecule has 0 saturated carbocycles. The molecule has 0 bridgehead atoms. The molecule has 4 nitrogen and oxygen atoms in total. The fraction of sp³-hybridized carbons (Fsp3) is 0.0526. The molecule has 1 aliphatic heterocycles. The average Bonchev–Trinajstić information content (AvgIpc) is 3.05. The Kier molecular flexibility index (Phi) is 2.87. The highest BCUT2D eigenvalue weighted by atomic mass is 35.5. The van der Waals surface area contributed by atoms with Crippen LogP contribution in [0.1, 0.15) is 5.56 Å². The average molecular weight is 334 g/mol. The molecule has 0 fully saturated rings. The van der Waals surface area contributed by atoms with Gasteiger partial charge in [-0.2, -0.15) is 5.10 Å². The molecule has 0 radical (unpaired) electrons. The van der Waals surface area contributed by atoms with Gasteiger partial charge in [0.15, 0.2) is 5.65 Å². The molecule has 0 aliphatic carbocycles. The molecule has 4 aromatic rings. The summed E-state index contributed by atoms with van der Waals surface area (Å²) in [5.74, 6) is 0.868. The standard InChI is InChI=1S/C19H12ClN3O/c20-15-7-3-1-5-13(15)16-9-18-21-10-12-11-24-17-8-4-2-6-14(17)19(12)23(18)22-16/h1-10H,11H2. The van der Waals surface area contributed by atoms with Crippen LogP contribution in [0.25, 0.3) is 28.2 Å². The van der Waals surface area contributed by atoms with Crippen molar-refractivity contribution in [2.75, 3.05) is 0 Å². The molecule has 3 heterocycles. The first kappa shape index (κ1) is 13.6. The van der Waals surface area contributed by atoms with Crippen LogP contribution in [-0.2, 0) is 6.61 Å². The molecule has 0 atom stereocenters. The van der Waals surface area contributed by atoms with Crippen LogP contribution in [0.5, 0.6) is 5.75 Å². The van der Waals surface area contributed by atoms with E-state index in [-0.39, 0.29) is 0 Å². The van der Waals surface area contributed by atoms with Gasteiger partial charge in [0, 0.05) is 29.0 Å². The van der Waals surface area contributed by atoms with E-state index in [0.717, 1.165) is 39.5 Å². The zero-order valence-corrected chi connectivity index (χ0v) is 13.4. The molecule has 0 N–H and O–H groups in total. The van der Waals surface area contributed by atoms with Gasteiger partial charge in [-0.15, -0.1) is 0 Å². The van der Waals surface area contributed by atoms with Gasteiger partial charge in [0.05, 0.1) is 16.4 Å². The molecule has 5 heteroatoms. The Morgan fingerprint density at radius 2 is 1.79 bits per heavy atom. The third-order valence-corrected chi connectivity index (χ3v) is 4.56. The van der Waals surface area contributed by atoms with Gasteiger partial charge in [0.2, 0.25) is 0 Å². The maximum Gasteiger partial charge on any atom is 0.156 e. The first-order valence-corrected chi connectivity index (χ1v) is 8.04. The van der Waals surface area contributed by atoms with E-state index in [1.807, 2.05) is 65.3 Å². The van der Waals surface area contributed by atoms with Gasteiger partial charge in [-0.1, -0.05) is 41.9 Å². The number of halogens is 1. The van der Waals surface area contributed by atoms with Crippen molar-refractivity contribution < 1.29 is 4.74 Å². The predicted octanol–water partition coefficient (Wildman–Crippen LogP) is 4.61. The molecule has 5 rings (SSSR count). The van der Waals surface area contributed by atoms with Crippen LogP contribution in [-0.4, -0.2) is 14.6 Å². The second-order valence-corrected chi connectivity index (χ2v) is 6.10. The summed E-state index contributed by atoms with van der Waals surface area (Å²) in [7, 11) is 0. The van der Waals surface area contributed by atoms with Crippen LogP contribution >= 0.6 is 11.6 Å². The van der Waals surface area contributed by atoms with Crippen LogP contribution in [0.3, 0.4) is 0 Å². The number of hydrogen-bond donors (Lipinski definition) is 0. The molecule has 0 spiro atoms. The number of ether oxygens (including phenoxy) is 1. The monoisotopic (exact) mass is 333 g/mol. The molecular formula is C19H12ClN3O. The van der Waals surface area contributed by atoms with Crippen LogP contribution < -0.4 is 4.74 Å². The molecule has 0 unspecified atom stereocenters. The predicted molar refractivity (Wildman–Crippen MR) is 93.2 cm³/mol. The Morgan fingerprint density at radius 1 is 1.00 bits per heavy atom. The number of benzene rings is 2. The van der Waals surface area contributed by atoms with Crippen molar-refractivity contribution in [3.8, 4) is 28.3 Å². The van der Waals surface area contributed by atoms with E-state index < -0.39 is 0 Å². The van der Waals surface area contributed by atoms with Gasteiger partial charge < -0.3 is 4.74 Å². The highest BCUT2D eigenvalue weighted by molar-refractivity contribution is 6.33. The third-order valence-electron chi connectivity index (χ3n) is 4.23. The van der Waals surface area contributed by atoms with Crippen molar-refractivity contribution in [2.45, 2.75) is 6.61 Å². The van der Waals surface area contributed by atoms with Crippen molar-refractivity contribution in [1.29, 1.82) is 0 Å². The molecule has 2 aromatic heterocycles. The van der Waals surface area contributed by atoms with Gasteiger partial charge >= 0.3 is 0 Å². The SMILES string of the molecule is Clc1ccccc1-c1cc2ncc3c(n2n1)-c1ccccc1OC3. The van der Waals surface area contributed by atoms with Crippen molar-refractivity contribution >= 4 is 17.2 Å². The summed E-state index contributed by atoms with van der Waals surface area (Å²) in [6.07, 6.45) is 1.86. The van der Waals surface area contributed by atoms with Crippen molar-refractivity contribution in [3.05, 3.63) is 71.4 Å². The third kappa shape index (κ3) is 1.93. The normalized spacial score (nSPS) is 12.5. The first-order valence-electron chi connectivity index (χ1n) is 7.66. The largest absolute Gasteiger partial charge is 0.488 e. The van der Waals surface area contributed by atoms with Crippen molar-refractivity contribution in [1.82, 2.24) is 14.6 Å². The van der Waals surface area contributed by atoms with E-state index in [2.05, 4.69) is 4.98 Å². The lowest BCUT2D eigenvalue weighted by Crippen LogP contribution is -2.10. The van der Waals surface area contributed by atoms with Gasteiger partial charge in [-0.05, 0) is 18.2 Å². The molecule has 0 amide bonds. The lowest BCUT2D eigenvalue weighted by atomic mass is 10.0. The van der Waals surface area contributed by atoms with E-state index in [1.54, 1.807) is 0 Å². The van der Waals surface area contributed by atoms with Crippen molar-refractivity contribution in [2.24, 2.45) is 0 Å². The van der Waals surface area contributed by atoms with Crippen LogP contribution in [0, 0.1) is 0 Å². The second-order valence-electron chi connectivity index (χ2n) is 5.70. The summed E-state index contributed by atoms with van der Waals surface area (Å²) in [6, 6.07) is 17.7. The van der Waals surface area contributed by atoms with Gasteiger partial charge in [-0.25, -0.2) is 9.50 Å². The first-order chi connectivity index (χ1) is 11.8. The summed E-state index contributed by atoms with van der Waals surface area (Å²) >= 11 is 6.32. The maximum absolute atomic E-state index is 6.32. The zero-order chi connectivity index (χ0) is 16.1. The topological polar surface area (TPSA) is 39.4 Å². The van der Waals surface area contributed by atoms with Crippen LogP contribution in [0.2, 0.25) is 5.02 Å². The van der Waals surface area contributed by atoms with Gasteiger partial charge in [-0.3, -0.25) is 0 Å². The van der Waals surface area contributed by atoms with E-state index >= 15 is 0 Å². The second kappa shape index (κ2) is 5.08. The van der Waals surface area contributed by atoms with Crippen LogP contribution in [0.4, 0.5) is 0 Å². The molecule has 2 aromatic carbocycles. The van der Waals surface area contributed by atoms with E-state index in [4.69, 9.17) is 21.4 Å². The molecule has 0 saturated heterocycles. The van der Waals surface area contributed by atoms with E-state index in [1.165, 1.54) is 0 Å². The fourth-order valence-corrected chi connectivity index (χ4v) is 3.34. The van der Waals surface area contributed by atoms with Crippen molar-refractivity contribution in [3.63, 3.8) is 0 Å². The maximum atomic E-state index is 6.32. The summed E-state index contributed by atoms with van der Waals surface area (Å²) in [5.41, 5.74) is 5.58.